The van der Waals surface area contributed by atoms with E-state index >= 15 is 0 Å². The molecule has 1 atom stereocenters. The summed E-state index contributed by atoms with van der Waals surface area (Å²) in [5.41, 5.74) is 4.83. The molecule has 0 saturated heterocycles. The highest BCUT2D eigenvalue weighted by Gasteiger charge is 2.23. The number of nitrogens with one attached hydrogen (secondary N) is 1. The molecule has 0 bridgehead atoms. The van der Waals surface area contributed by atoms with E-state index in [1.54, 1.807) is 11.8 Å². The highest BCUT2D eigenvalue weighted by molar-refractivity contribution is 5.96. The van der Waals surface area contributed by atoms with Crippen LogP contribution in [0.2, 0.25) is 0 Å². The van der Waals surface area contributed by atoms with Crippen molar-refractivity contribution < 1.29 is 9.59 Å². The normalized spacial score (nSPS) is 12.3. The predicted molar refractivity (Wildman–Crippen MR) is 54.6 cm³/mol. The maximum atomic E-state index is 11.4. The summed E-state index contributed by atoms with van der Waals surface area (Å²) < 4.78 is 0. The lowest BCUT2D eigenvalue weighted by molar-refractivity contribution is -0.125. The van der Waals surface area contributed by atoms with Crippen LogP contribution in [-0.4, -0.2) is 35.5 Å². The smallest absolute Gasteiger partial charge is 0.318 e. The number of rotatable bonds is 4. The van der Waals surface area contributed by atoms with Crippen molar-refractivity contribution in [2.24, 2.45) is 5.73 Å². The van der Waals surface area contributed by atoms with Crippen LogP contribution in [0.4, 0.5) is 4.79 Å². The zero-order valence-electron chi connectivity index (χ0n) is 9.15. The Morgan fingerprint density at radius 1 is 1.47 bits per heavy atom. The summed E-state index contributed by atoms with van der Waals surface area (Å²) in [6, 6.07) is 0.568. The third-order valence-corrected chi connectivity index (χ3v) is 2.04. The summed E-state index contributed by atoms with van der Waals surface area (Å²) in [6.45, 7) is 5.48. The summed E-state index contributed by atoms with van der Waals surface area (Å²) in [6.07, 6.45) is 0. The summed E-state index contributed by atoms with van der Waals surface area (Å²) in [5, 5.41) is 10.6. The minimum absolute atomic E-state index is 0.0401. The van der Waals surface area contributed by atoms with E-state index in [0.29, 0.717) is 0 Å². The Morgan fingerprint density at radius 3 is 2.33 bits per heavy atom. The van der Waals surface area contributed by atoms with Crippen LogP contribution in [-0.2, 0) is 4.79 Å². The first-order valence-corrected chi connectivity index (χ1v) is 4.63. The molecule has 15 heavy (non-hydrogen) atoms. The molecule has 6 nitrogen and oxygen atoms in total. The lowest BCUT2D eigenvalue weighted by Gasteiger charge is -2.28. The van der Waals surface area contributed by atoms with E-state index in [9.17, 15) is 9.59 Å². The van der Waals surface area contributed by atoms with E-state index in [2.05, 4.69) is 0 Å². The first-order valence-electron chi connectivity index (χ1n) is 4.63. The van der Waals surface area contributed by atoms with Crippen LogP contribution >= 0.6 is 0 Å². The Kier molecular flexibility index (Phi) is 5.34. The summed E-state index contributed by atoms with van der Waals surface area (Å²) in [4.78, 5) is 23.5. The van der Waals surface area contributed by atoms with Crippen LogP contribution in [0.15, 0.2) is 0 Å². The standard InChI is InChI=1S/C9H16N4O2/c1-6(2)13(5-4-10)7(3)8(14)12-9(11)15/h6-7H,5H2,1-3H3,(H3,11,12,14,15). The maximum absolute atomic E-state index is 11.4. The first-order chi connectivity index (χ1) is 6.90. The third-order valence-electron chi connectivity index (χ3n) is 2.04. The minimum Gasteiger partial charge on any atom is -0.351 e. The van der Waals surface area contributed by atoms with Crippen LogP contribution in [0.5, 0.6) is 0 Å². The number of nitrogens with zero attached hydrogens (tertiary/aromatic N) is 2. The minimum atomic E-state index is -0.882. The van der Waals surface area contributed by atoms with E-state index < -0.39 is 18.0 Å². The lowest BCUT2D eigenvalue weighted by Crippen LogP contribution is -2.50. The molecule has 3 amide bonds. The molecule has 6 heteroatoms. The number of carbonyl (C=O) groups excluding carboxylic acids is 2. The second kappa shape index (κ2) is 5.98. The first kappa shape index (κ1) is 13.4. The van der Waals surface area contributed by atoms with Gasteiger partial charge in [-0.15, -0.1) is 0 Å². The van der Waals surface area contributed by atoms with E-state index in [4.69, 9.17) is 11.0 Å². The molecule has 0 heterocycles. The zero-order chi connectivity index (χ0) is 12.0. The Bertz CT molecular complexity index is 282. The summed E-state index contributed by atoms with van der Waals surface area (Å²) in [5.74, 6) is -0.494. The Morgan fingerprint density at radius 2 is 2.00 bits per heavy atom. The average Bonchev–Trinajstić information content (AvgIpc) is 2.11. The fraction of sp³-hybridized carbons (Fsp3) is 0.667. The Hall–Kier alpha value is -1.61. The molecule has 1 unspecified atom stereocenters. The molecule has 0 aromatic rings. The van der Waals surface area contributed by atoms with Crippen LogP contribution in [0.25, 0.3) is 0 Å². The SMILES string of the molecule is CC(C)N(CC#N)C(C)C(=O)NC(N)=O. The van der Waals surface area contributed by atoms with Crippen LogP contribution < -0.4 is 11.1 Å². The molecule has 0 fully saturated rings. The van der Waals surface area contributed by atoms with Gasteiger partial charge in [0.05, 0.1) is 18.7 Å². The van der Waals surface area contributed by atoms with Gasteiger partial charge in [0.1, 0.15) is 0 Å². The number of primary amides is 1. The molecule has 0 radical (unpaired) electrons. The van der Waals surface area contributed by atoms with Gasteiger partial charge in [0.2, 0.25) is 5.91 Å². The van der Waals surface area contributed by atoms with Crippen LogP contribution in [0, 0.1) is 11.3 Å². The number of hydrogen-bond acceptors (Lipinski definition) is 4. The second-order valence-corrected chi connectivity index (χ2v) is 3.45. The van der Waals surface area contributed by atoms with Crippen molar-refractivity contribution in [3.05, 3.63) is 0 Å². The van der Waals surface area contributed by atoms with Gasteiger partial charge in [-0.2, -0.15) is 5.26 Å². The number of carbonyl (C=O) groups is 2. The molecule has 3 N–H and O–H groups in total. The van der Waals surface area contributed by atoms with E-state index in [0.717, 1.165) is 0 Å². The van der Waals surface area contributed by atoms with Crippen LogP contribution in [0.1, 0.15) is 20.8 Å². The van der Waals surface area contributed by atoms with E-state index in [-0.39, 0.29) is 12.6 Å². The molecule has 0 spiro atoms. The van der Waals surface area contributed by atoms with Crippen molar-refractivity contribution in [3.8, 4) is 6.07 Å². The molecule has 0 aliphatic carbocycles. The molecule has 0 aromatic carbocycles. The van der Waals surface area contributed by atoms with Crippen molar-refractivity contribution >= 4 is 11.9 Å². The van der Waals surface area contributed by atoms with Crippen molar-refractivity contribution in [1.29, 1.82) is 5.26 Å². The number of imide groups is 1. The van der Waals surface area contributed by atoms with Crippen LogP contribution in [0.3, 0.4) is 0 Å². The maximum Gasteiger partial charge on any atom is 0.318 e. The summed E-state index contributed by atoms with van der Waals surface area (Å²) >= 11 is 0. The van der Waals surface area contributed by atoms with Gasteiger partial charge >= 0.3 is 6.03 Å². The highest BCUT2D eigenvalue weighted by atomic mass is 16.2. The monoisotopic (exact) mass is 212 g/mol. The molecular formula is C9H16N4O2. The average molecular weight is 212 g/mol. The van der Waals surface area contributed by atoms with Gasteiger partial charge in [-0.1, -0.05) is 0 Å². The Labute approximate surface area is 89.0 Å². The largest absolute Gasteiger partial charge is 0.351 e. The second-order valence-electron chi connectivity index (χ2n) is 3.45. The van der Waals surface area contributed by atoms with Gasteiger partial charge in [-0.05, 0) is 20.8 Å². The van der Waals surface area contributed by atoms with Crippen molar-refractivity contribution in [2.75, 3.05) is 6.54 Å². The number of nitriles is 1. The van der Waals surface area contributed by atoms with Crippen molar-refractivity contribution in [1.82, 2.24) is 10.2 Å². The highest BCUT2D eigenvalue weighted by Crippen LogP contribution is 2.04. The molecule has 0 saturated carbocycles. The molecule has 0 aliphatic rings. The van der Waals surface area contributed by atoms with Gasteiger partial charge in [-0.25, -0.2) is 4.79 Å². The molecule has 84 valence electrons. The predicted octanol–water partition coefficient (Wildman–Crippen LogP) is -0.196. The third kappa shape index (κ3) is 4.42. The lowest BCUT2D eigenvalue weighted by atomic mass is 10.2. The number of urea groups is 1. The fourth-order valence-corrected chi connectivity index (χ4v) is 1.22. The van der Waals surface area contributed by atoms with E-state index in [1.807, 2.05) is 25.2 Å². The van der Waals surface area contributed by atoms with Crippen molar-refractivity contribution in [2.45, 2.75) is 32.9 Å². The molecule has 0 aliphatic heterocycles. The zero-order valence-corrected chi connectivity index (χ0v) is 9.15. The molecule has 0 rings (SSSR count). The fourth-order valence-electron chi connectivity index (χ4n) is 1.22. The van der Waals surface area contributed by atoms with Gasteiger partial charge in [0.15, 0.2) is 0 Å². The molecular weight excluding hydrogens is 196 g/mol. The van der Waals surface area contributed by atoms with Gasteiger partial charge in [0.25, 0.3) is 0 Å². The van der Waals surface area contributed by atoms with Crippen molar-refractivity contribution in [3.63, 3.8) is 0 Å². The van der Waals surface area contributed by atoms with Gasteiger partial charge < -0.3 is 5.73 Å². The van der Waals surface area contributed by atoms with Gasteiger partial charge in [-0.3, -0.25) is 15.0 Å². The number of amides is 3. The quantitative estimate of drug-likeness (QED) is 0.630. The van der Waals surface area contributed by atoms with E-state index in [1.165, 1.54) is 0 Å². The summed E-state index contributed by atoms with van der Waals surface area (Å²) in [7, 11) is 0. The number of nitrogens with two attached hydrogens (primary N) is 1. The molecule has 0 aromatic heterocycles. The Balaban J connectivity index is 4.49. The number of hydrogen-bond donors (Lipinski definition) is 2. The van der Waals surface area contributed by atoms with Gasteiger partial charge in [0, 0.05) is 6.04 Å². The topological polar surface area (TPSA) is 99.2 Å².